The molecule has 0 spiro atoms. The molecule has 0 aromatic carbocycles. The van der Waals surface area contributed by atoms with Gasteiger partial charge < -0.3 is 90.1 Å². The van der Waals surface area contributed by atoms with Crippen LogP contribution >= 0.6 is 0 Å². The monoisotopic (exact) mass is 813 g/mol. The summed E-state index contributed by atoms with van der Waals surface area (Å²) in [6.45, 7) is 2.13. The summed E-state index contributed by atoms with van der Waals surface area (Å²) in [6.07, 6.45) is 4.95. The summed E-state index contributed by atoms with van der Waals surface area (Å²) in [5, 5.41) is 11.6. The predicted molar refractivity (Wildman–Crippen MR) is 224 cm³/mol. The lowest BCUT2D eigenvalue weighted by Gasteiger charge is -2.35. The molecular weight excluding hydrogens is 740 g/mol. The van der Waals surface area contributed by atoms with Gasteiger partial charge in [0.1, 0.15) is 0 Å². The molecule has 28 N–H and O–H groups in total. The third-order valence-corrected chi connectivity index (χ3v) is 9.04. The molecule has 0 bridgehead atoms. The Morgan fingerprint density at radius 2 is 0.579 bits per heavy atom. The molecule has 24 nitrogen and oxygen atoms in total. The molecule has 0 fully saturated rings. The molecule has 4 amide bonds. The fourth-order valence-corrected chi connectivity index (χ4v) is 5.68. The van der Waals surface area contributed by atoms with Crippen LogP contribution in [0, 0.1) is 5.41 Å². The lowest BCUT2D eigenvalue weighted by Crippen LogP contribution is -2.46. The molecule has 0 rings (SSSR count). The van der Waals surface area contributed by atoms with E-state index in [0.29, 0.717) is 103 Å². The van der Waals surface area contributed by atoms with Gasteiger partial charge in [-0.1, -0.05) is 0 Å². The molecule has 0 heterocycles. The summed E-state index contributed by atoms with van der Waals surface area (Å²) < 4.78 is 0. The maximum atomic E-state index is 12.9. The minimum absolute atomic E-state index is 0.0487. The van der Waals surface area contributed by atoms with Crippen LogP contribution < -0.4 is 90.1 Å². The molecule has 0 aliphatic rings. The maximum absolute atomic E-state index is 12.9. The zero-order valence-electron chi connectivity index (χ0n) is 33.3. The lowest BCUT2D eigenvalue weighted by molar-refractivity contribution is -0.123. The van der Waals surface area contributed by atoms with Gasteiger partial charge in [-0.15, -0.1) is 0 Å². The zero-order valence-corrected chi connectivity index (χ0v) is 33.3. The number of hydrogen-bond acceptors (Lipinski definition) is 12. The minimum Gasteiger partial charge on any atom is -0.370 e. The van der Waals surface area contributed by atoms with E-state index < -0.39 is 29.6 Å². The number of carbonyl (C=O) groups is 4. The first kappa shape index (κ1) is 51.8. The first-order valence-corrected chi connectivity index (χ1v) is 19.2. The third kappa shape index (κ3) is 27.1. The predicted octanol–water partition coefficient (Wildman–Crippen LogP) is -6.48. The van der Waals surface area contributed by atoms with Gasteiger partial charge in [-0.2, -0.15) is 0 Å². The van der Waals surface area contributed by atoms with Crippen LogP contribution in [0.5, 0.6) is 0 Å². The lowest BCUT2D eigenvalue weighted by atomic mass is 9.75. The summed E-state index contributed by atoms with van der Waals surface area (Å²) in [6, 6.07) is -3.22. The number of amides is 4. The Bertz CT molecular complexity index is 1110. The molecule has 57 heavy (non-hydrogen) atoms. The second-order valence-electron chi connectivity index (χ2n) is 13.9. The number of rotatable bonds is 32. The highest BCUT2D eigenvalue weighted by Crippen LogP contribution is 2.34. The van der Waals surface area contributed by atoms with Gasteiger partial charge >= 0.3 is 0 Å². The Balaban J connectivity index is 5.98. The van der Waals surface area contributed by atoms with E-state index in [0.717, 1.165) is 0 Å². The summed E-state index contributed by atoms with van der Waals surface area (Å²) in [4.78, 5) is 67.3. The van der Waals surface area contributed by atoms with Gasteiger partial charge in [0.15, 0.2) is 23.8 Å². The van der Waals surface area contributed by atoms with Crippen molar-refractivity contribution in [2.24, 2.45) is 94.2 Å². The Labute approximate surface area is 335 Å². The van der Waals surface area contributed by atoms with Crippen molar-refractivity contribution in [2.75, 3.05) is 52.4 Å². The first-order valence-electron chi connectivity index (χ1n) is 19.2. The molecule has 0 aromatic rings. The van der Waals surface area contributed by atoms with Crippen molar-refractivity contribution in [3.8, 4) is 0 Å². The Morgan fingerprint density at radius 3 is 0.754 bits per heavy atom. The van der Waals surface area contributed by atoms with E-state index in [4.69, 9.17) is 68.8 Å². The average molecular weight is 813 g/mol. The molecule has 328 valence electrons. The summed E-state index contributed by atoms with van der Waals surface area (Å²) in [5.41, 5.74) is 66.8. The normalized spacial score (nSPS) is 14.0. The van der Waals surface area contributed by atoms with Crippen LogP contribution in [0.1, 0.15) is 77.0 Å². The van der Waals surface area contributed by atoms with Crippen LogP contribution in [0.4, 0.5) is 0 Å². The Kier molecular flexibility index (Phi) is 27.3. The van der Waals surface area contributed by atoms with Crippen LogP contribution in [-0.4, -0.2) is 124 Å². The van der Waals surface area contributed by atoms with Gasteiger partial charge in [0.25, 0.3) is 0 Å². The van der Waals surface area contributed by atoms with Crippen molar-refractivity contribution in [3.05, 3.63) is 0 Å². The molecule has 0 aliphatic carbocycles. The van der Waals surface area contributed by atoms with E-state index in [-0.39, 0.29) is 73.6 Å². The quantitative estimate of drug-likeness (QED) is 0.0171. The van der Waals surface area contributed by atoms with E-state index in [1.54, 1.807) is 0 Å². The van der Waals surface area contributed by atoms with Crippen LogP contribution in [0.2, 0.25) is 0 Å². The number of carbonyl (C=O) groups excluding carboxylic acids is 4. The van der Waals surface area contributed by atoms with Gasteiger partial charge in [0.2, 0.25) is 23.6 Å². The van der Waals surface area contributed by atoms with Crippen molar-refractivity contribution in [1.82, 2.24) is 21.3 Å². The number of nitrogens with two attached hydrogens (primary N) is 12. The highest BCUT2D eigenvalue weighted by Gasteiger charge is 2.31. The fourth-order valence-electron chi connectivity index (χ4n) is 5.68. The average Bonchev–Trinajstić information content (AvgIpc) is 3.14. The largest absolute Gasteiger partial charge is 0.370 e. The van der Waals surface area contributed by atoms with E-state index in [1.165, 1.54) is 0 Å². The molecule has 4 unspecified atom stereocenters. The van der Waals surface area contributed by atoms with Crippen molar-refractivity contribution in [1.29, 1.82) is 0 Å². The number of aliphatic imine (C=N–C) groups is 4. The molecule has 0 saturated heterocycles. The van der Waals surface area contributed by atoms with Crippen LogP contribution in [0.25, 0.3) is 0 Å². The van der Waals surface area contributed by atoms with Gasteiger partial charge in [0, 0.05) is 52.4 Å². The van der Waals surface area contributed by atoms with Crippen molar-refractivity contribution in [2.45, 2.75) is 101 Å². The van der Waals surface area contributed by atoms with E-state index in [2.05, 4.69) is 41.2 Å². The van der Waals surface area contributed by atoms with Crippen LogP contribution in [0.15, 0.2) is 20.0 Å². The van der Waals surface area contributed by atoms with Gasteiger partial charge in [-0.05, 0) is 82.5 Å². The van der Waals surface area contributed by atoms with Gasteiger partial charge in [0.05, 0.1) is 24.2 Å². The summed E-state index contributed by atoms with van der Waals surface area (Å²) in [7, 11) is 0. The van der Waals surface area contributed by atoms with E-state index in [9.17, 15) is 19.2 Å². The number of nitrogens with zero attached hydrogens (tertiary/aromatic N) is 4. The highest BCUT2D eigenvalue weighted by molar-refractivity contribution is 5.83. The molecule has 0 saturated carbocycles. The molecule has 0 radical (unpaired) electrons. The maximum Gasteiger partial charge on any atom is 0.236 e. The topological polar surface area (TPSA) is 478 Å². The van der Waals surface area contributed by atoms with Crippen molar-refractivity contribution in [3.63, 3.8) is 0 Å². The van der Waals surface area contributed by atoms with Crippen LogP contribution in [0.3, 0.4) is 0 Å². The van der Waals surface area contributed by atoms with Crippen LogP contribution in [-0.2, 0) is 19.2 Å². The highest BCUT2D eigenvalue weighted by atomic mass is 16.2. The minimum atomic E-state index is -0.804. The van der Waals surface area contributed by atoms with E-state index >= 15 is 0 Å². The molecule has 0 aliphatic heterocycles. The van der Waals surface area contributed by atoms with Gasteiger partial charge in [-0.25, -0.2) is 0 Å². The molecule has 0 aromatic heterocycles. The molecule has 24 heteroatoms. The van der Waals surface area contributed by atoms with Crippen molar-refractivity contribution < 1.29 is 19.2 Å². The molecule has 4 atom stereocenters. The van der Waals surface area contributed by atoms with Gasteiger partial charge in [-0.3, -0.25) is 39.1 Å². The number of hydrogen-bond donors (Lipinski definition) is 16. The van der Waals surface area contributed by atoms with E-state index in [1.807, 2.05) is 0 Å². The smallest absolute Gasteiger partial charge is 0.236 e. The molecular formula is C33H72N20O4. The second kappa shape index (κ2) is 30.0. The SMILES string of the molecule is NC(N)=NCCCC(N)C(=O)NCCC(CCNC(=O)C(N)CCCN=C(N)N)(CCNC(=O)C(N)CCCN=C(N)N)CCNC(=O)C(N)CCCN=C(N)N. The number of nitrogens with one attached hydrogen (secondary N) is 4. The second-order valence-corrected chi connectivity index (χ2v) is 13.9. The summed E-state index contributed by atoms with van der Waals surface area (Å²) >= 11 is 0. The number of guanidine groups is 4. The Hall–Kier alpha value is -5.20. The standard InChI is InChI=1S/C33H72N20O4/c34-21(5-1-13-50-29(38)39)25(54)46-17-9-33(10-18-47-26(55)22(35)6-2-14-51-30(40)41,11-19-48-27(56)23(36)7-3-15-52-31(42)43)12-20-49-28(57)24(37)8-4-16-53-32(44)45/h21-24H,1-20,34-37H2,(H,46,54)(H,47,55)(H,48,56)(H,49,57)(H4,38,39,50)(H4,40,41,51)(H4,42,43,52)(H4,44,45,53). The third-order valence-electron chi connectivity index (χ3n) is 9.04. The Morgan fingerprint density at radius 1 is 0.386 bits per heavy atom. The fraction of sp³-hybridized carbons (Fsp3) is 0.758. The van der Waals surface area contributed by atoms with Crippen molar-refractivity contribution >= 4 is 47.5 Å². The zero-order chi connectivity index (χ0) is 43.2. The summed E-state index contributed by atoms with van der Waals surface area (Å²) in [5.74, 6) is -1.66. The first-order chi connectivity index (χ1) is 26.9.